The number of halogens is 1. The maximum Gasteiger partial charge on any atom is 0.263 e. The van der Waals surface area contributed by atoms with Crippen LogP contribution in [0.15, 0.2) is 46.9 Å². The Bertz CT molecular complexity index is 1010. The quantitative estimate of drug-likeness (QED) is 0.626. The molecule has 1 amide bonds. The van der Waals surface area contributed by atoms with Crippen molar-refractivity contribution in [2.24, 2.45) is 0 Å². The summed E-state index contributed by atoms with van der Waals surface area (Å²) in [5, 5.41) is 0. The molecule has 156 valence electrons. The van der Waals surface area contributed by atoms with E-state index in [4.69, 9.17) is 4.74 Å². The number of rotatable bonds is 6. The molecular weight excluding hydrogens is 454 g/mol. The molecule has 0 bridgehead atoms. The number of carbonyl (C=O) groups excluding carboxylic acids is 1. The molecule has 0 spiro atoms. The number of aryl methyl sites for hydroxylation is 1. The summed E-state index contributed by atoms with van der Waals surface area (Å²) < 4.78 is 31.0. The molecule has 1 aliphatic rings. The Morgan fingerprint density at radius 1 is 1.24 bits per heavy atom. The van der Waals surface area contributed by atoms with E-state index in [-0.39, 0.29) is 23.5 Å². The Labute approximate surface area is 181 Å². The van der Waals surface area contributed by atoms with E-state index >= 15 is 0 Å². The molecule has 7 heteroatoms. The van der Waals surface area contributed by atoms with Crippen LogP contribution in [0.25, 0.3) is 0 Å². The predicted molar refractivity (Wildman–Crippen MR) is 118 cm³/mol. The van der Waals surface area contributed by atoms with Crippen LogP contribution in [0.2, 0.25) is 0 Å². The van der Waals surface area contributed by atoms with Gasteiger partial charge in [0.25, 0.3) is 5.91 Å². The molecule has 2 atom stereocenters. The van der Waals surface area contributed by atoms with E-state index in [1.165, 1.54) is 0 Å². The topological polar surface area (TPSA) is 63.7 Å². The van der Waals surface area contributed by atoms with Crippen LogP contribution in [0.3, 0.4) is 0 Å². The molecular formula is C22H26BrNO4S. The first-order chi connectivity index (χ1) is 13.7. The minimum absolute atomic E-state index is 0.00291. The van der Waals surface area contributed by atoms with Gasteiger partial charge in [0.05, 0.1) is 11.5 Å². The summed E-state index contributed by atoms with van der Waals surface area (Å²) in [6.45, 7) is 6.03. The number of benzene rings is 2. The van der Waals surface area contributed by atoms with E-state index < -0.39 is 15.9 Å². The van der Waals surface area contributed by atoms with Crippen LogP contribution in [0, 0.1) is 13.8 Å². The highest BCUT2D eigenvalue weighted by Crippen LogP contribution is 2.25. The number of hydrogen-bond donors (Lipinski definition) is 0. The van der Waals surface area contributed by atoms with Gasteiger partial charge in [-0.05, 0) is 62.1 Å². The first-order valence-electron chi connectivity index (χ1n) is 9.64. The van der Waals surface area contributed by atoms with E-state index in [9.17, 15) is 13.2 Å². The second-order valence-electron chi connectivity index (χ2n) is 7.61. The highest BCUT2D eigenvalue weighted by molar-refractivity contribution is 9.10. The number of carbonyl (C=O) groups is 1. The first-order valence-corrected chi connectivity index (χ1v) is 12.3. The molecule has 1 fully saturated rings. The SMILES string of the molecule is Cc1cccc(OC(C)C(=O)N(Cc2cccc(Br)c2)C2CCS(=O)(=O)C2)c1C. The molecule has 5 nitrogen and oxygen atoms in total. The van der Waals surface area contributed by atoms with E-state index in [1.54, 1.807) is 11.8 Å². The van der Waals surface area contributed by atoms with Crippen LogP contribution in [-0.4, -0.2) is 42.9 Å². The van der Waals surface area contributed by atoms with Gasteiger partial charge in [-0.1, -0.05) is 40.2 Å². The van der Waals surface area contributed by atoms with Gasteiger partial charge in [-0.15, -0.1) is 0 Å². The molecule has 1 heterocycles. The lowest BCUT2D eigenvalue weighted by atomic mass is 10.1. The molecule has 2 unspecified atom stereocenters. The zero-order valence-corrected chi connectivity index (χ0v) is 19.3. The minimum atomic E-state index is -3.12. The van der Waals surface area contributed by atoms with E-state index in [1.807, 2.05) is 56.3 Å². The lowest BCUT2D eigenvalue weighted by molar-refractivity contribution is -0.140. The van der Waals surface area contributed by atoms with Crippen LogP contribution in [0.1, 0.15) is 30.0 Å². The van der Waals surface area contributed by atoms with Crippen LogP contribution in [0.4, 0.5) is 0 Å². The molecule has 0 N–H and O–H groups in total. The number of ether oxygens (including phenoxy) is 1. The fourth-order valence-electron chi connectivity index (χ4n) is 3.57. The second-order valence-corrected chi connectivity index (χ2v) is 10.8. The van der Waals surface area contributed by atoms with Crippen molar-refractivity contribution in [2.45, 2.75) is 45.9 Å². The van der Waals surface area contributed by atoms with Gasteiger partial charge in [-0.2, -0.15) is 0 Å². The molecule has 3 rings (SSSR count). The van der Waals surface area contributed by atoms with Crippen LogP contribution in [-0.2, 0) is 21.2 Å². The Morgan fingerprint density at radius 3 is 2.62 bits per heavy atom. The Balaban J connectivity index is 1.84. The Morgan fingerprint density at radius 2 is 1.97 bits per heavy atom. The van der Waals surface area contributed by atoms with Crippen LogP contribution < -0.4 is 4.74 Å². The van der Waals surface area contributed by atoms with E-state index in [0.29, 0.717) is 18.7 Å². The average Bonchev–Trinajstić information content (AvgIpc) is 3.02. The average molecular weight is 480 g/mol. The molecule has 0 saturated carbocycles. The summed E-state index contributed by atoms with van der Waals surface area (Å²) >= 11 is 3.45. The summed E-state index contributed by atoms with van der Waals surface area (Å²) in [5.41, 5.74) is 3.03. The van der Waals surface area contributed by atoms with Crippen molar-refractivity contribution < 1.29 is 17.9 Å². The summed E-state index contributed by atoms with van der Waals surface area (Å²) in [7, 11) is -3.12. The van der Waals surface area contributed by atoms with Gasteiger partial charge in [0, 0.05) is 17.1 Å². The van der Waals surface area contributed by atoms with Crippen molar-refractivity contribution in [1.29, 1.82) is 0 Å². The van der Waals surface area contributed by atoms with Gasteiger partial charge >= 0.3 is 0 Å². The van der Waals surface area contributed by atoms with Crippen molar-refractivity contribution in [1.82, 2.24) is 4.90 Å². The monoisotopic (exact) mass is 479 g/mol. The third kappa shape index (κ3) is 5.39. The molecule has 29 heavy (non-hydrogen) atoms. The van der Waals surface area contributed by atoms with Crippen molar-refractivity contribution in [2.75, 3.05) is 11.5 Å². The smallest absolute Gasteiger partial charge is 0.263 e. The second kappa shape index (κ2) is 8.88. The maximum absolute atomic E-state index is 13.3. The Hall–Kier alpha value is -1.86. The first kappa shape index (κ1) is 21.8. The normalized spacial score (nSPS) is 19.0. The number of amides is 1. The Kier molecular flexibility index (Phi) is 6.69. The van der Waals surface area contributed by atoms with Crippen LogP contribution >= 0.6 is 15.9 Å². The van der Waals surface area contributed by atoms with Gasteiger partial charge < -0.3 is 9.64 Å². The predicted octanol–water partition coefficient (Wildman–Crippen LogP) is 4.05. The lowest BCUT2D eigenvalue weighted by Gasteiger charge is -2.31. The highest BCUT2D eigenvalue weighted by atomic mass is 79.9. The molecule has 0 aromatic heterocycles. The summed E-state index contributed by atoms with van der Waals surface area (Å²) in [4.78, 5) is 15.0. The van der Waals surface area contributed by atoms with Crippen molar-refractivity contribution in [3.8, 4) is 5.75 Å². The third-order valence-corrected chi connectivity index (χ3v) is 7.62. The summed E-state index contributed by atoms with van der Waals surface area (Å²) in [6.07, 6.45) is -0.260. The fourth-order valence-corrected chi connectivity index (χ4v) is 5.74. The van der Waals surface area contributed by atoms with Crippen molar-refractivity contribution in [3.63, 3.8) is 0 Å². The molecule has 0 aliphatic carbocycles. The van der Waals surface area contributed by atoms with Crippen molar-refractivity contribution in [3.05, 3.63) is 63.6 Å². The van der Waals surface area contributed by atoms with Gasteiger partial charge in [0.2, 0.25) is 0 Å². The summed E-state index contributed by atoms with van der Waals surface area (Å²) in [6, 6.07) is 13.1. The zero-order chi connectivity index (χ0) is 21.2. The van der Waals surface area contributed by atoms with Gasteiger partial charge in [0.1, 0.15) is 5.75 Å². The summed E-state index contributed by atoms with van der Waals surface area (Å²) in [5.74, 6) is 0.593. The molecule has 1 saturated heterocycles. The van der Waals surface area contributed by atoms with Gasteiger partial charge in [0.15, 0.2) is 15.9 Å². The van der Waals surface area contributed by atoms with Crippen LogP contribution in [0.5, 0.6) is 5.75 Å². The number of nitrogens with zero attached hydrogens (tertiary/aromatic N) is 1. The lowest BCUT2D eigenvalue weighted by Crippen LogP contribution is -2.46. The van der Waals surface area contributed by atoms with Gasteiger partial charge in [-0.3, -0.25) is 4.79 Å². The fraction of sp³-hybridized carbons (Fsp3) is 0.409. The number of sulfone groups is 1. The van der Waals surface area contributed by atoms with Crippen molar-refractivity contribution >= 4 is 31.7 Å². The highest BCUT2D eigenvalue weighted by Gasteiger charge is 2.36. The largest absolute Gasteiger partial charge is 0.481 e. The van der Waals surface area contributed by atoms with E-state index in [2.05, 4.69) is 15.9 Å². The minimum Gasteiger partial charge on any atom is -0.481 e. The van der Waals surface area contributed by atoms with E-state index in [0.717, 1.165) is 21.2 Å². The number of hydrogen-bond acceptors (Lipinski definition) is 4. The molecule has 2 aromatic rings. The third-order valence-electron chi connectivity index (χ3n) is 5.38. The van der Waals surface area contributed by atoms with Gasteiger partial charge in [-0.25, -0.2) is 8.42 Å². The zero-order valence-electron chi connectivity index (χ0n) is 16.9. The molecule has 1 aliphatic heterocycles. The standard InChI is InChI=1S/C22H26BrNO4S/c1-15-6-4-9-21(16(15)2)28-17(3)22(25)24(20-10-11-29(26,27)14-20)13-18-7-5-8-19(23)12-18/h4-9,12,17,20H,10-11,13-14H2,1-3H3. The maximum atomic E-state index is 13.3. The molecule has 2 aromatic carbocycles. The molecule has 0 radical (unpaired) electrons.